The number of methoxy groups -OCH3 is 1. The molecule has 0 radical (unpaired) electrons. The molecule has 1 aromatic carbocycles. The first kappa shape index (κ1) is 18.1. The second-order valence-corrected chi connectivity index (χ2v) is 6.01. The van der Waals surface area contributed by atoms with Crippen LogP contribution in [0.2, 0.25) is 0 Å². The van der Waals surface area contributed by atoms with E-state index in [0.29, 0.717) is 6.54 Å². The molecule has 0 fully saturated rings. The van der Waals surface area contributed by atoms with Crippen LogP contribution in [0.5, 0.6) is 5.75 Å². The normalized spacial score (nSPS) is 12.2. The maximum Gasteiger partial charge on any atom is 0.416 e. The lowest BCUT2D eigenvalue weighted by molar-refractivity contribution is -0.138. The summed E-state index contributed by atoms with van der Waals surface area (Å²) in [6.45, 7) is 0.418. The molecule has 0 unspecified atom stereocenters. The van der Waals surface area contributed by atoms with E-state index in [9.17, 15) is 13.2 Å². The summed E-state index contributed by atoms with van der Waals surface area (Å²) in [6.07, 6.45) is -3.69. The van der Waals surface area contributed by atoms with Crippen LogP contribution in [0.1, 0.15) is 16.0 Å². The number of benzene rings is 1. The van der Waals surface area contributed by atoms with Crippen molar-refractivity contribution >= 4 is 17.3 Å². The van der Waals surface area contributed by atoms with Crippen molar-refractivity contribution in [3.63, 3.8) is 0 Å². The van der Waals surface area contributed by atoms with Crippen molar-refractivity contribution in [2.75, 3.05) is 13.7 Å². The average Bonchev–Trinajstić information content (AvgIpc) is 3.05. The zero-order valence-corrected chi connectivity index (χ0v) is 13.9. The standard InChI is InChI=1S/C16H18F3N3OS/c1-23-12-5-4-11(14(9-12)16(17,18)19)10-22-15(20)21-7-6-13-3-2-8-24-13/h2-5,8-9H,6-7,10H2,1H3,(H3,20,21,22). The molecule has 1 aromatic heterocycles. The van der Waals surface area contributed by atoms with Crippen LogP contribution < -0.4 is 15.8 Å². The Morgan fingerprint density at radius 1 is 1.33 bits per heavy atom. The monoisotopic (exact) mass is 357 g/mol. The van der Waals surface area contributed by atoms with E-state index in [4.69, 9.17) is 10.5 Å². The fourth-order valence-corrected chi connectivity index (χ4v) is 2.79. The molecule has 4 nitrogen and oxygen atoms in total. The Kier molecular flexibility index (Phi) is 6.08. The van der Waals surface area contributed by atoms with Gasteiger partial charge in [0.25, 0.3) is 0 Å². The van der Waals surface area contributed by atoms with Gasteiger partial charge in [-0.1, -0.05) is 12.1 Å². The highest BCUT2D eigenvalue weighted by Crippen LogP contribution is 2.34. The first-order chi connectivity index (χ1) is 11.4. The molecule has 24 heavy (non-hydrogen) atoms. The molecule has 0 aliphatic rings. The number of halogens is 3. The number of nitrogens with two attached hydrogens (primary N) is 1. The summed E-state index contributed by atoms with van der Waals surface area (Å²) in [6, 6.07) is 7.75. The number of guanidine groups is 1. The number of hydrogen-bond donors (Lipinski definition) is 2. The molecule has 0 amide bonds. The average molecular weight is 357 g/mol. The molecular formula is C16H18F3N3OS. The topological polar surface area (TPSA) is 59.6 Å². The van der Waals surface area contributed by atoms with E-state index in [2.05, 4.69) is 10.3 Å². The van der Waals surface area contributed by atoms with Gasteiger partial charge in [0, 0.05) is 11.4 Å². The predicted octanol–water partition coefficient (Wildman–Crippen LogP) is 3.42. The number of aliphatic imine (C=N–C) groups is 1. The zero-order valence-electron chi connectivity index (χ0n) is 13.1. The maximum absolute atomic E-state index is 13.1. The summed E-state index contributed by atoms with van der Waals surface area (Å²) < 4.78 is 44.1. The minimum absolute atomic E-state index is 0.0475. The number of ether oxygens (including phenoxy) is 1. The Balaban J connectivity index is 1.99. The van der Waals surface area contributed by atoms with Gasteiger partial charge in [-0.3, -0.25) is 0 Å². The summed E-state index contributed by atoms with van der Waals surface area (Å²) >= 11 is 1.64. The van der Waals surface area contributed by atoms with Gasteiger partial charge < -0.3 is 15.8 Å². The highest BCUT2D eigenvalue weighted by atomic mass is 32.1. The predicted molar refractivity (Wildman–Crippen MR) is 89.3 cm³/mol. The fraction of sp³-hybridized carbons (Fsp3) is 0.312. The van der Waals surface area contributed by atoms with E-state index in [1.165, 1.54) is 24.1 Å². The quantitative estimate of drug-likeness (QED) is 0.615. The van der Waals surface area contributed by atoms with E-state index in [1.807, 2.05) is 17.5 Å². The molecule has 0 saturated heterocycles. The third-order valence-electron chi connectivity index (χ3n) is 3.30. The van der Waals surface area contributed by atoms with Gasteiger partial charge in [0.1, 0.15) is 5.75 Å². The maximum atomic E-state index is 13.1. The van der Waals surface area contributed by atoms with Gasteiger partial charge >= 0.3 is 6.18 Å². The van der Waals surface area contributed by atoms with Crippen molar-refractivity contribution in [2.45, 2.75) is 19.1 Å². The largest absolute Gasteiger partial charge is 0.497 e. The third-order valence-corrected chi connectivity index (χ3v) is 4.24. The Bertz CT molecular complexity index is 684. The third kappa shape index (κ3) is 5.16. The molecule has 8 heteroatoms. The highest BCUT2D eigenvalue weighted by Gasteiger charge is 2.33. The van der Waals surface area contributed by atoms with Gasteiger partial charge in [0.2, 0.25) is 0 Å². The van der Waals surface area contributed by atoms with Gasteiger partial charge in [-0.15, -0.1) is 11.3 Å². The first-order valence-corrected chi connectivity index (χ1v) is 8.08. The molecule has 3 N–H and O–H groups in total. The SMILES string of the molecule is COc1ccc(CN=C(N)NCCc2cccs2)c(C(F)(F)F)c1. The Morgan fingerprint density at radius 3 is 2.75 bits per heavy atom. The number of thiophene rings is 1. The minimum atomic E-state index is -4.47. The molecule has 130 valence electrons. The number of hydrogen-bond acceptors (Lipinski definition) is 3. The van der Waals surface area contributed by atoms with E-state index in [-0.39, 0.29) is 23.8 Å². The summed E-state index contributed by atoms with van der Waals surface area (Å²) in [7, 11) is 1.32. The highest BCUT2D eigenvalue weighted by molar-refractivity contribution is 7.09. The van der Waals surface area contributed by atoms with Gasteiger partial charge in [-0.25, -0.2) is 4.99 Å². The van der Waals surface area contributed by atoms with Crippen LogP contribution >= 0.6 is 11.3 Å². The van der Waals surface area contributed by atoms with Crippen molar-refractivity contribution in [1.29, 1.82) is 0 Å². The number of nitrogens with zero attached hydrogens (tertiary/aromatic N) is 1. The lowest BCUT2D eigenvalue weighted by Gasteiger charge is -2.13. The Hall–Kier alpha value is -2.22. The van der Waals surface area contributed by atoms with E-state index >= 15 is 0 Å². The zero-order chi connectivity index (χ0) is 17.6. The van der Waals surface area contributed by atoms with Gasteiger partial charge in [0.15, 0.2) is 5.96 Å². The molecule has 0 bridgehead atoms. The van der Waals surface area contributed by atoms with E-state index < -0.39 is 11.7 Å². The molecule has 1 heterocycles. The minimum Gasteiger partial charge on any atom is -0.497 e. The molecule has 2 rings (SSSR count). The van der Waals surface area contributed by atoms with E-state index in [1.54, 1.807) is 11.3 Å². The van der Waals surface area contributed by atoms with Crippen LogP contribution in [0.4, 0.5) is 13.2 Å². The van der Waals surface area contributed by atoms with Crippen molar-refractivity contribution < 1.29 is 17.9 Å². The molecule has 0 spiro atoms. The Morgan fingerprint density at radius 2 is 2.12 bits per heavy atom. The van der Waals surface area contributed by atoms with Crippen LogP contribution in [0.3, 0.4) is 0 Å². The number of rotatable bonds is 6. The molecule has 0 atom stereocenters. The Labute approximate surface area is 142 Å². The molecule has 0 aliphatic carbocycles. The lowest BCUT2D eigenvalue weighted by Crippen LogP contribution is -2.33. The summed E-state index contributed by atoms with van der Waals surface area (Å²) in [4.78, 5) is 5.19. The first-order valence-electron chi connectivity index (χ1n) is 7.20. The molecule has 0 saturated carbocycles. The fourth-order valence-electron chi connectivity index (χ4n) is 2.08. The van der Waals surface area contributed by atoms with Gasteiger partial charge in [-0.05, 0) is 35.6 Å². The second-order valence-electron chi connectivity index (χ2n) is 4.98. The van der Waals surface area contributed by atoms with Crippen molar-refractivity contribution in [1.82, 2.24) is 5.32 Å². The van der Waals surface area contributed by atoms with Gasteiger partial charge in [0.05, 0.1) is 19.2 Å². The molecule has 2 aromatic rings. The van der Waals surface area contributed by atoms with Crippen LogP contribution in [0, 0.1) is 0 Å². The molecular weight excluding hydrogens is 339 g/mol. The number of alkyl halides is 3. The van der Waals surface area contributed by atoms with Crippen LogP contribution in [-0.4, -0.2) is 19.6 Å². The smallest absolute Gasteiger partial charge is 0.416 e. The number of nitrogens with one attached hydrogen (secondary N) is 1. The van der Waals surface area contributed by atoms with Crippen LogP contribution in [-0.2, 0) is 19.1 Å². The van der Waals surface area contributed by atoms with Crippen LogP contribution in [0.25, 0.3) is 0 Å². The summed E-state index contributed by atoms with van der Waals surface area (Å²) in [5.41, 5.74) is 4.99. The van der Waals surface area contributed by atoms with Crippen molar-refractivity contribution in [3.05, 3.63) is 51.7 Å². The molecule has 0 aliphatic heterocycles. The van der Waals surface area contributed by atoms with Gasteiger partial charge in [-0.2, -0.15) is 13.2 Å². The van der Waals surface area contributed by atoms with E-state index in [0.717, 1.165) is 12.5 Å². The summed E-state index contributed by atoms with van der Waals surface area (Å²) in [5, 5.41) is 4.88. The van der Waals surface area contributed by atoms with Crippen LogP contribution in [0.15, 0.2) is 40.7 Å². The lowest BCUT2D eigenvalue weighted by atomic mass is 10.1. The van der Waals surface area contributed by atoms with Crippen molar-refractivity contribution in [3.8, 4) is 5.75 Å². The summed E-state index contributed by atoms with van der Waals surface area (Å²) in [5.74, 6) is 0.271. The van der Waals surface area contributed by atoms with Crippen molar-refractivity contribution in [2.24, 2.45) is 10.7 Å². The second kappa shape index (κ2) is 8.05.